The molecule has 122 valence electrons. The van der Waals surface area contributed by atoms with Gasteiger partial charge in [0.15, 0.2) is 0 Å². The van der Waals surface area contributed by atoms with Crippen LogP contribution in [0, 0.1) is 5.41 Å². The van der Waals surface area contributed by atoms with Gasteiger partial charge < -0.3 is 14.8 Å². The normalized spacial score (nSPS) is 34.1. The van der Waals surface area contributed by atoms with Crippen LogP contribution in [0.4, 0.5) is 0 Å². The maximum atomic E-state index is 5.59. The van der Waals surface area contributed by atoms with Crippen LogP contribution in [0.1, 0.15) is 45.4 Å². The smallest absolute Gasteiger partial charge is 0.0646 e. The Morgan fingerprint density at radius 2 is 1.71 bits per heavy atom. The summed E-state index contributed by atoms with van der Waals surface area (Å²) in [7, 11) is 0. The van der Waals surface area contributed by atoms with E-state index in [9.17, 15) is 0 Å². The molecule has 0 radical (unpaired) electrons. The number of nitrogens with zero attached hydrogens (tertiary/aromatic N) is 1. The lowest BCUT2D eigenvalue weighted by Gasteiger charge is -2.44. The Balaban J connectivity index is 1.58. The molecule has 2 aliphatic heterocycles. The van der Waals surface area contributed by atoms with E-state index < -0.39 is 0 Å². The molecule has 2 saturated heterocycles. The van der Waals surface area contributed by atoms with Crippen molar-refractivity contribution in [3.8, 4) is 0 Å². The number of nitrogens with one attached hydrogen (secondary N) is 1. The largest absolute Gasteiger partial charge is 0.379 e. The van der Waals surface area contributed by atoms with Gasteiger partial charge in [0.2, 0.25) is 0 Å². The van der Waals surface area contributed by atoms with E-state index in [2.05, 4.69) is 17.1 Å². The third-order valence-corrected chi connectivity index (χ3v) is 5.69. The van der Waals surface area contributed by atoms with E-state index in [0.29, 0.717) is 5.41 Å². The molecule has 3 aliphatic rings. The number of morpholine rings is 1. The zero-order valence-electron chi connectivity index (χ0n) is 13.7. The summed E-state index contributed by atoms with van der Waals surface area (Å²) in [4.78, 5) is 2.63. The Morgan fingerprint density at radius 3 is 2.38 bits per heavy atom. The molecule has 0 aromatic rings. The van der Waals surface area contributed by atoms with Crippen molar-refractivity contribution < 1.29 is 9.47 Å². The molecule has 1 aliphatic carbocycles. The SMILES string of the molecule is CC1(NCC2(CN3CCOCC3)CCCCC2)CCOC1. The van der Waals surface area contributed by atoms with E-state index in [1.807, 2.05) is 0 Å². The van der Waals surface area contributed by atoms with Crippen molar-refractivity contribution in [3.63, 3.8) is 0 Å². The standard InChI is InChI=1S/C17H32N2O2/c1-16(7-10-21-15-16)18-13-17(5-3-2-4-6-17)14-19-8-11-20-12-9-19/h18H,2-15H2,1H3. The van der Waals surface area contributed by atoms with Crippen LogP contribution in [-0.4, -0.2) is 63.0 Å². The molecule has 21 heavy (non-hydrogen) atoms. The van der Waals surface area contributed by atoms with Crippen LogP contribution < -0.4 is 5.32 Å². The lowest BCUT2D eigenvalue weighted by Crippen LogP contribution is -2.53. The third-order valence-electron chi connectivity index (χ3n) is 5.69. The molecule has 1 atom stereocenters. The number of rotatable bonds is 5. The average Bonchev–Trinajstić information content (AvgIpc) is 2.95. The lowest BCUT2D eigenvalue weighted by molar-refractivity contribution is 0.00515. The first-order valence-electron chi connectivity index (χ1n) is 8.83. The van der Waals surface area contributed by atoms with Crippen LogP contribution in [0.25, 0.3) is 0 Å². The summed E-state index contributed by atoms with van der Waals surface area (Å²) in [5.41, 5.74) is 0.677. The van der Waals surface area contributed by atoms with Gasteiger partial charge in [-0.15, -0.1) is 0 Å². The van der Waals surface area contributed by atoms with Gasteiger partial charge in [0.05, 0.1) is 19.8 Å². The highest BCUT2D eigenvalue weighted by atomic mass is 16.5. The van der Waals surface area contributed by atoms with Gasteiger partial charge in [0.25, 0.3) is 0 Å². The van der Waals surface area contributed by atoms with Gasteiger partial charge in [0, 0.05) is 38.3 Å². The van der Waals surface area contributed by atoms with Gasteiger partial charge >= 0.3 is 0 Å². The third kappa shape index (κ3) is 4.19. The van der Waals surface area contributed by atoms with E-state index >= 15 is 0 Å². The fraction of sp³-hybridized carbons (Fsp3) is 1.00. The van der Waals surface area contributed by atoms with Crippen molar-refractivity contribution in [1.29, 1.82) is 0 Å². The maximum absolute atomic E-state index is 5.59. The Labute approximate surface area is 129 Å². The number of ether oxygens (including phenoxy) is 2. The molecule has 1 N–H and O–H groups in total. The Bertz CT molecular complexity index is 317. The van der Waals surface area contributed by atoms with E-state index in [-0.39, 0.29) is 5.54 Å². The summed E-state index contributed by atoms with van der Waals surface area (Å²) in [6.45, 7) is 10.6. The van der Waals surface area contributed by atoms with Crippen molar-refractivity contribution in [2.75, 3.05) is 52.6 Å². The summed E-state index contributed by atoms with van der Waals surface area (Å²) in [5, 5.41) is 3.88. The maximum Gasteiger partial charge on any atom is 0.0646 e. The van der Waals surface area contributed by atoms with Crippen molar-refractivity contribution in [2.45, 2.75) is 51.0 Å². The first-order chi connectivity index (χ1) is 10.2. The minimum Gasteiger partial charge on any atom is -0.379 e. The monoisotopic (exact) mass is 296 g/mol. The number of hydrogen-bond acceptors (Lipinski definition) is 4. The van der Waals surface area contributed by atoms with Gasteiger partial charge in [0.1, 0.15) is 0 Å². The zero-order valence-corrected chi connectivity index (χ0v) is 13.7. The highest BCUT2D eigenvalue weighted by Crippen LogP contribution is 2.37. The van der Waals surface area contributed by atoms with Crippen LogP contribution in [0.3, 0.4) is 0 Å². The lowest BCUT2D eigenvalue weighted by atomic mass is 9.73. The van der Waals surface area contributed by atoms with Crippen LogP contribution >= 0.6 is 0 Å². The first kappa shape index (κ1) is 15.7. The molecule has 2 heterocycles. The van der Waals surface area contributed by atoms with E-state index in [0.717, 1.165) is 52.5 Å². The Kier molecular flexibility index (Phi) is 5.20. The summed E-state index contributed by atoms with van der Waals surface area (Å²) < 4.78 is 11.1. The second kappa shape index (κ2) is 6.95. The Morgan fingerprint density at radius 1 is 0.952 bits per heavy atom. The van der Waals surface area contributed by atoms with Gasteiger partial charge in [-0.1, -0.05) is 19.3 Å². The molecule has 3 fully saturated rings. The van der Waals surface area contributed by atoms with Gasteiger partial charge in [-0.05, 0) is 31.6 Å². The zero-order chi connectivity index (χ0) is 14.6. The molecule has 0 aromatic carbocycles. The second-order valence-corrected chi connectivity index (χ2v) is 7.67. The molecule has 0 bridgehead atoms. The highest BCUT2D eigenvalue weighted by Gasteiger charge is 2.37. The van der Waals surface area contributed by atoms with E-state index in [1.165, 1.54) is 38.6 Å². The van der Waals surface area contributed by atoms with Gasteiger partial charge in [-0.3, -0.25) is 4.90 Å². The van der Waals surface area contributed by atoms with Crippen LogP contribution in [0.2, 0.25) is 0 Å². The van der Waals surface area contributed by atoms with Crippen molar-refractivity contribution in [3.05, 3.63) is 0 Å². The minimum absolute atomic E-state index is 0.204. The highest BCUT2D eigenvalue weighted by molar-refractivity contribution is 4.94. The summed E-state index contributed by atoms with van der Waals surface area (Å²) in [5.74, 6) is 0. The van der Waals surface area contributed by atoms with E-state index in [4.69, 9.17) is 9.47 Å². The van der Waals surface area contributed by atoms with Crippen molar-refractivity contribution in [1.82, 2.24) is 10.2 Å². The molecule has 4 heteroatoms. The van der Waals surface area contributed by atoms with Gasteiger partial charge in [-0.2, -0.15) is 0 Å². The van der Waals surface area contributed by atoms with Crippen molar-refractivity contribution in [2.24, 2.45) is 5.41 Å². The predicted molar refractivity (Wildman–Crippen MR) is 84.6 cm³/mol. The first-order valence-corrected chi connectivity index (χ1v) is 8.83. The predicted octanol–water partition coefficient (Wildman–Crippen LogP) is 2.04. The van der Waals surface area contributed by atoms with E-state index in [1.54, 1.807) is 0 Å². The molecule has 1 unspecified atom stereocenters. The molecule has 0 spiro atoms. The fourth-order valence-electron chi connectivity index (χ4n) is 4.13. The molecule has 4 nitrogen and oxygen atoms in total. The second-order valence-electron chi connectivity index (χ2n) is 7.67. The topological polar surface area (TPSA) is 33.7 Å². The van der Waals surface area contributed by atoms with Crippen LogP contribution in [-0.2, 0) is 9.47 Å². The van der Waals surface area contributed by atoms with Gasteiger partial charge in [-0.25, -0.2) is 0 Å². The van der Waals surface area contributed by atoms with Crippen LogP contribution in [0.15, 0.2) is 0 Å². The molecule has 0 aromatic heterocycles. The summed E-state index contributed by atoms with van der Waals surface area (Å²) in [6.07, 6.45) is 8.15. The quantitative estimate of drug-likeness (QED) is 0.842. The summed E-state index contributed by atoms with van der Waals surface area (Å²) >= 11 is 0. The summed E-state index contributed by atoms with van der Waals surface area (Å²) in [6, 6.07) is 0. The molecule has 3 rings (SSSR count). The Hall–Kier alpha value is -0.160. The minimum atomic E-state index is 0.204. The van der Waals surface area contributed by atoms with Crippen molar-refractivity contribution >= 4 is 0 Å². The molecular formula is C17H32N2O2. The molecule has 1 saturated carbocycles. The number of hydrogen-bond donors (Lipinski definition) is 1. The fourth-order valence-corrected chi connectivity index (χ4v) is 4.13. The van der Waals surface area contributed by atoms with Crippen LogP contribution in [0.5, 0.6) is 0 Å². The molecule has 0 amide bonds. The molecular weight excluding hydrogens is 264 g/mol. The average molecular weight is 296 g/mol.